The van der Waals surface area contributed by atoms with Crippen LogP contribution in [0.4, 0.5) is 0 Å². The second-order valence-electron chi connectivity index (χ2n) is 4.04. The number of sulfonamides is 1. The van der Waals surface area contributed by atoms with E-state index in [0.29, 0.717) is 13.2 Å². The van der Waals surface area contributed by atoms with Gasteiger partial charge in [0.1, 0.15) is 4.90 Å². The van der Waals surface area contributed by atoms with E-state index in [9.17, 15) is 8.42 Å². The Morgan fingerprint density at radius 2 is 1.90 bits per heavy atom. The van der Waals surface area contributed by atoms with E-state index in [1.807, 2.05) is 0 Å². The highest BCUT2D eigenvalue weighted by Gasteiger charge is 2.19. The zero-order valence-corrected chi connectivity index (χ0v) is 13.8. The second kappa shape index (κ2) is 8.89. The average molecular weight is 358 g/mol. The number of rotatable bonds is 9. The highest BCUT2D eigenvalue weighted by molar-refractivity contribution is 7.89. The molecule has 1 aromatic carbocycles. The molecule has 0 bridgehead atoms. The van der Waals surface area contributed by atoms with Crippen molar-refractivity contribution in [2.75, 3.05) is 33.5 Å². The van der Waals surface area contributed by atoms with Gasteiger partial charge in [-0.05, 0) is 17.7 Å². The van der Waals surface area contributed by atoms with E-state index in [4.69, 9.17) is 37.8 Å². The summed E-state index contributed by atoms with van der Waals surface area (Å²) in [6.45, 7) is 0.753. The minimum Gasteiger partial charge on any atom is -0.392 e. The van der Waals surface area contributed by atoms with E-state index >= 15 is 0 Å². The minimum absolute atomic E-state index is 0.00926. The lowest BCUT2D eigenvalue weighted by atomic mass is 10.2. The first-order valence-corrected chi connectivity index (χ1v) is 8.31. The average Bonchev–Trinajstić information content (AvgIpc) is 2.42. The zero-order chi connectivity index (χ0) is 15.9. The van der Waals surface area contributed by atoms with E-state index in [1.54, 1.807) is 7.11 Å². The molecule has 2 N–H and O–H groups in total. The summed E-state index contributed by atoms with van der Waals surface area (Å²) >= 11 is 11.7. The standard InChI is InChI=1S/C12H17Cl2NO5S/c1-19-4-5-20-3-2-15-21(17,18)12-6-9(8-16)10(13)7-11(12)14/h6-7,15-16H,2-5,8H2,1H3. The third-order valence-electron chi connectivity index (χ3n) is 2.53. The molecule has 0 aliphatic carbocycles. The van der Waals surface area contributed by atoms with Gasteiger partial charge in [0.2, 0.25) is 10.0 Å². The van der Waals surface area contributed by atoms with Gasteiger partial charge in [0.05, 0.1) is 31.5 Å². The van der Waals surface area contributed by atoms with Crippen LogP contribution < -0.4 is 4.72 Å². The minimum atomic E-state index is -3.80. The third-order valence-corrected chi connectivity index (χ3v) is 4.81. The molecule has 0 aromatic heterocycles. The molecule has 0 atom stereocenters. The number of ether oxygens (including phenoxy) is 2. The molecule has 0 radical (unpaired) electrons. The number of aliphatic hydroxyl groups excluding tert-OH is 1. The first-order chi connectivity index (χ1) is 9.92. The van der Waals surface area contributed by atoms with E-state index in [2.05, 4.69) is 4.72 Å². The lowest BCUT2D eigenvalue weighted by molar-refractivity contribution is 0.0736. The molecule has 1 aromatic rings. The smallest absolute Gasteiger partial charge is 0.242 e. The molecule has 0 saturated carbocycles. The molecule has 0 amide bonds. The Hall–Kier alpha value is -0.410. The second-order valence-corrected chi connectivity index (χ2v) is 6.58. The number of aliphatic hydroxyl groups is 1. The van der Waals surface area contributed by atoms with Crippen LogP contribution in [0, 0.1) is 0 Å². The molecule has 21 heavy (non-hydrogen) atoms. The van der Waals surface area contributed by atoms with Crippen molar-refractivity contribution in [3.63, 3.8) is 0 Å². The van der Waals surface area contributed by atoms with Crippen LogP contribution >= 0.6 is 23.2 Å². The molecule has 0 saturated heterocycles. The Labute approximate surface area is 134 Å². The summed E-state index contributed by atoms with van der Waals surface area (Å²) in [5.74, 6) is 0. The Bertz CT molecular complexity index is 565. The Kier molecular flexibility index (Phi) is 7.89. The Balaban J connectivity index is 2.70. The van der Waals surface area contributed by atoms with Gasteiger partial charge in [-0.15, -0.1) is 0 Å². The van der Waals surface area contributed by atoms with Crippen LogP contribution in [0.5, 0.6) is 0 Å². The third kappa shape index (κ3) is 5.71. The molecule has 9 heteroatoms. The zero-order valence-electron chi connectivity index (χ0n) is 11.4. The number of benzene rings is 1. The van der Waals surface area contributed by atoms with Crippen molar-refractivity contribution in [3.05, 3.63) is 27.7 Å². The maximum absolute atomic E-state index is 12.1. The van der Waals surface area contributed by atoms with Crippen molar-refractivity contribution in [1.29, 1.82) is 0 Å². The molecule has 6 nitrogen and oxygen atoms in total. The van der Waals surface area contributed by atoms with Gasteiger partial charge >= 0.3 is 0 Å². The largest absolute Gasteiger partial charge is 0.392 e. The van der Waals surface area contributed by atoms with Gasteiger partial charge in [0.15, 0.2) is 0 Å². The van der Waals surface area contributed by atoms with Gasteiger partial charge in [-0.2, -0.15) is 0 Å². The van der Waals surface area contributed by atoms with E-state index < -0.39 is 10.0 Å². The maximum Gasteiger partial charge on any atom is 0.242 e. The lowest BCUT2D eigenvalue weighted by Gasteiger charge is -2.11. The summed E-state index contributed by atoms with van der Waals surface area (Å²) < 4.78 is 36.6. The molecule has 0 fully saturated rings. The summed E-state index contributed by atoms with van der Waals surface area (Å²) in [6, 6.07) is 2.54. The fourth-order valence-corrected chi connectivity index (χ4v) is 3.34. The predicted molar refractivity (Wildman–Crippen MR) is 80.3 cm³/mol. The molecule has 0 aliphatic heterocycles. The maximum atomic E-state index is 12.1. The normalized spacial score (nSPS) is 11.8. The predicted octanol–water partition coefficient (Wildman–Crippen LogP) is 1.43. The van der Waals surface area contributed by atoms with E-state index in [0.717, 1.165) is 0 Å². The van der Waals surface area contributed by atoms with Crippen LogP contribution in [-0.2, 0) is 26.1 Å². The summed E-state index contributed by atoms with van der Waals surface area (Å²) in [7, 11) is -2.25. The monoisotopic (exact) mass is 357 g/mol. The molecule has 0 aliphatic rings. The molecular weight excluding hydrogens is 341 g/mol. The fraction of sp³-hybridized carbons (Fsp3) is 0.500. The molecule has 120 valence electrons. The first-order valence-electron chi connectivity index (χ1n) is 6.07. The summed E-state index contributed by atoms with van der Waals surface area (Å²) in [5, 5.41) is 9.32. The highest BCUT2D eigenvalue weighted by Crippen LogP contribution is 2.28. The number of hydrogen-bond donors (Lipinski definition) is 2. The van der Waals surface area contributed by atoms with Crippen molar-refractivity contribution >= 4 is 33.2 Å². The molecule has 1 rings (SSSR count). The van der Waals surface area contributed by atoms with Crippen LogP contribution in [0.15, 0.2) is 17.0 Å². The number of hydrogen-bond acceptors (Lipinski definition) is 5. The van der Waals surface area contributed by atoms with Crippen molar-refractivity contribution < 1.29 is 23.0 Å². The van der Waals surface area contributed by atoms with Gasteiger partial charge in [-0.1, -0.05) is 23.2 Å². The van der Waals surface area contributed by atoms with Crippen LogP contribution in [0.25, 0.3) is 0 Å². The van der Waals surface area contributed by atoms with Gasteiger partial charge in [-0.3, -0.25) is 0 Å². The van der Waals surface area contributed by atoms with Crippen molar-refractivity contribution in [3.8, 4) is 0 Å². The van der Waals surface area contributed by atoms with Gasteiger partial charge in [0.25, 0.3) is 0 Å². The van der Waals surface area contributed by atoms with Crippen molar-refractivity contribution in [2.45, 2.75) is 11.5 Å². The fourth-order valence-electron chi connectivity index (χ4n) is 1.47. The molecule has 0 spiro atoms. The summed E-state index contributed by atoms with van der Waals surface area (Å²) in [4.78, 5) is -0.130. The molecule has 0 unspecified atom stereocenters. The van der Waals surface area contributed by atoms with Gasteiger partial charge < -0.3 is 14.6 Å². The van der Waals surface area contributed by atoms with Crippen molar-refractivity contribution in [1.82, 2.24) is 4.72 Å². The van der Waals surface area contributed by atoms with Crippen LogP contribution in [0.1, 0.15) is 5.56 Å². The van der Waals surface area contributed by atoms with Crippen molar-refractivity contribution in [2.24, 2.45) is 0 Å². The van der Waals surface area contributed by atoms with Crippen LogP contribution in [0.3, 0.4) is 0 Å². The number of methoxy groups -OCH3 is 1. The van der Waals surface area contributed by atoms with E-state index in [-0.39, 0.29) is 40.3 Å². The van der Waals surface area contributed by atoms with Gasteiger partial charge in [-0.25, -0.2) is 13.1 Å². The van der Waals surface area contributed by atoms with Gasteiger partial charge in [0, 0.05) is 18.7 Å². The summed E-state index contributed by atoms with van der Waals surface area (Å²) in [6.07, 6.45) is 0. The van der Waals surface area contributed by atoms with Crippen LogP contribution in [0.2, 0.25) is 10.0 Å². The quantitative estimate of drug-likeness (QED) is 0.653. The highest BCUT2D eigenvalue weighted by atomic mass is 35.5. The number of nitrogens with one attached hydrogen (secondary N) is 1. The van der Waals surface area contributed by atoms with Crippen LogP contribution in [-0.4, -0.2) is 47.0 Å². The lowest BCUT2D eigenvalue weighted by Crippen LogP contribution is -2.28. The Morgan fingerprint density at radius 3 is 2.52 bits per heavy atom. The molecular formula is C12H17Cl2NO5S. The molecule has 0 heterocycles. The Morgan fingerprint density at radius 1 is 1.19 bits per heavy atom. The number of halogens is 2. The topological polar surface area (TPSA) is 84.9 Å². The first kappa shape index (κ1) is 18.6. The summed E-state index contributed by atoms with van der Waals surface area (Å²) in [5.41, 5.74) is 0.290. The SMILES string of the molecule is COCCOCCNS(=O)(=O)c1cc(CO)c(Cl)cc1Cl. The van der Waals surface area contributed by atoms with E-state index in [1.165, 1.54) is 12.1 Å².